The minimum absolute atomic E-state index is 0.150. The summed E-state index contributed by atoms with van der Waals surface area (Å²) in [6.07, 6.45) is 1.96. The van der Waals surface area contributed by atoms with Crippen molar-refractivity contribution in [3.63, 3.8) is 0 Å². The second-order valence-corrected chi connectivity index (χ2v) is 7.00. The van der Waals surface area contributed by atoms with Crippen LogP contribution in [0.5, 0.6) is 5.75 Å². The Morgan fingerprint density at radius 3 is 2.68 bits per heavy atom. The van der Waals surface area contributed by atoms with E-state index in [1.165, 1.54) is 12.3 Å². The fourth-order valence-corrected chi connectivity index (χ4v) is 3.51. The van der Waals surface area contributed by atoms with E-state index in [0.717, 1.165) is 37.6 Å². The number of nitrogen functional groups attached to an aromatic ring is 1. The van der Waals surface area contributed by atoms with E-state index in [-0.39, 0.29) is 5.75 Å². The lowest BCUT2D eigenvalue weighted by atomic mass is 10.1. The highest BCUT2D eigenvalue weighted by Gasteiger charge is 2.23. The highest BCUT2D eigenvalue weighted by Crippen LogP contribution is 2.26. The number of hydrogen-bond acceptors (Lipinski definition) is 6. The molecule has 4 rings (SSSR count). The molecule has 9 heteroatoms. The lowest BCUT2D eigenvalue weighted by Crippen LogP contribution is -2.51. The molecule has 0 spiro atoms. The van der Waals surface area contributed by atoms with Gasteiger partial charge in [0.2, 0.25) is 0 Å². The monoisotopic (exact) mass is 400 g/mol. The summed E-state index contributed by atoms with van der Waals surface area (Å²) in [6.45, 7) is 3.64. The van der Waals surface area contributed by atoms with Crippen LogP contribution in [0, 0.1) is 5.82 Å². The van der Waals surface area contributed by atoms with Crippen molar-refractivity contribution in [3.05, 3.63) is 48.0 Å². The van der Waals surface area contributed by atoms with Crippen molar-refractivity contribution in [2.24, 2.45) is 5.10 Å². The second kappa shape index (κ2) is 7.97. The number of pyridine rings is 1. The van der Waals surface area contributed by atoms with Gasteiger partial charge >= 0.3 is 0 Å². The number of rotatable bonds is 2. The van der Waals surface area contributed by atoms with Crippen LogP contribution < -0.4 is 20.8 Å². The summed E-state index contributed by atoms with van der Waals surface area (Å²) in [5.74, 6) is -0.281. The van der Waals surface area contributed by atoms with Crippen molar-refractivity contribution in [1.29, 1.82) is 0 Å². The van der Waals surface area contributed by atoms with E-state index in [2.05, 4.69) is 25.3 Å². The number of fused-ring (bicyclic) bond motifs is 1. The van der Waals surface area contributed by atoms with Crippen molar-refractivity contribution in [2.45, 2.75) is 6.42 Å². The standard InChI is InChI=1S/C19H21FN6OS/c20-15-5-7-22-17-16(6-12-27-18(15)17)23-24-19(28)26-10-8-25(9-11-26)14-3-1-13(21)2-4-14/h1-5,7H,6,8-12,21H2,(H,24,28)/b23-16-. The minimum Gasteiger partial charge on any atom is -0.488 e. The lowest BCUT2D eigenvalue weighted by molar-refractivity contribution is 0.300. The average molecular weight is 400 g/mol. The molecule has 1 saturated heterocycles. The van der Waals surface area contributed by atoms with Crippen LogP contribution in [0.2, 0.25) is 0 Å². The summed E-state index contributed by atoms with van der Waals surface area (Å²) in [6, 6.07) is 9.16. The molecule has 2 aromatic rings. The number of piperazine rings is 1. The molecule has 3 N–H and O–H groups in total. The van der Waals surface area contributed by atoms with Crippen LogP contribution in [-0.4, -0.2) is 53.5 Å². The zero-order chi connectivity index (χ0) is 19.5. The van der Waals surface area contributed by atoms with Gasteiger partial charge in [0.15, 0.2) is 16.7 Å². The summed E-state index contributed by atoms with van der Waals surface area (Å²) >= 11 is 5.49. The molecule has 7 nitrogen and oxygen atoms in total. The maximum atomic E-state index is 13.8. The number of aromatic nitrogens is 1. The van der Waals surface area contributed by atoms with E-state index in [1.807, 2.05) is 24.3 Å². The molecule has 1 aromatic carbocycles. The molecular weight excluding hydrogens is 379 g/mol. The van der Waals surface area contributed by atoms with Gasteiger partial charge in [0, 0.05) is 50.2 Å². The first-order valence-electron chi connectivity index (χ1n) is 9.11. The van der Waals surface area contributed by atoms with E-state index >= 15 is 0 Å². The number of benzene rings is 1. The fraction of sp³-hybridized carbons (Fsp3) is 0.316. The van der Waals surface area contributed by atoms with E-state index in [0.29, 0.717) is 29.5 Å². The van der Waals surface area contributed by atoms with E-state index in [1.54, 1.807) is 0 Å². The van der Waals surface area contributed by atoms with Gasteiger partial charge in [-0.2, -0.15) is 5.10 Å². The Morgan fingerprint density at radius 2 is 1.93 bits per heavy atom. The first-order chi connectivity index (χ1) is 13.6. The summed E-state index contributed by atoms with van der Waals surface area (Å²) in [7, 11) is 0. The van der Waals surface area contributed by atoms with Gasteiger partial charge in [-0.25, -0.2) is 4.39 Å². The Balaban J connectivity index is 1.36. The molecule has 146 valence electrons. The number of halogens is 1. The molecule has 2 aliphatic rings. The number of nitrogens with zero attached hydrogens (tertiary/aromatic N) is 4. The van der Waals surface area contributed by atoms with Gasteiger partial charge in [0.05, 0.1) is 12.3 Å². The van der Waals surface area contributed by atoms with Crippen LogP contribution in [0.4, 0.5) is 15.8 Å². The van der Waals surface area contributed by atoms with Crippen LogP contribution in [0.25, 0.3) is 0 Å². The molecule has 0 bridgehead atoms. The normalized spacial score (nSPS) is 17.8. The third-order valence-corrected chi connectivity index (χ3v) is 5.18. The van der Waals surface area contributed by atoms with Gasteiger partial charge in [-0.05, 0) is 42.5 Å². The number of nitrogens with two attached hydrogens (primary N) is 1. The number of nitrogens with one attached hydrogen (secondary N) is 1. The van der Waals surface area contributed by atoms with Crippen molar-refractivity contribution in [1.82, 2.24) is 15.3 Å². The third kappa shape index (κ3) is 3.84. The molecule has 0 unspecified atom stereocenters. The zero-order valence-electron chi connectivity index (χ0n) is 15.3. The van der Waals surface area contributed by atoms with Crippen LogP contribution in [0.1, 0.15) is 12.1 Å². The van der Waals surface area contributed by atoms with Crippen LogP contribution in [-0.2, 0) is 0 Å². The largest absolute Gasteiger partial charge is 0.488 e. The first kappa shape index (κ1) is 18.4. The lowest BCUT2D eigenvalue weighted by Gasteiger charge is -2.37. The Labute approximate surface area is 168 Å². The highest BCUT2D eigenvalue weighted by atomic mass is 32.1. The number of anilines is 2. The van der Waals surface area contributed by atoms with Crippen molar-refractivity contribution in [2.75, 3.05) is 43.4 Å². The number of thiocarbonyl (C=S) groups is 1. The summed E-state index contributed by atoms with van der Waals surface area (Å²) < 4.78 is 19.2. The predicted molar refractivity (Wildman–Crippen MR) is 111 cm³/mol. The molecule has 0 atom stereocenters. The van der Waals surface area contributed by atoms with E-state index in [9.17, 15) is 4.39 Å². The minimum atomic E-state index is -0.432. The number of hydrogen-bond donors (Lipinski definition) is 2. The van der Waals surface area contributed by atoms with Gasteiger partial charge in [-0.3, -0.25) is 10.4 Å². The summed E-state index contributed by atoms with van der Waals surface area (Å²) in [5.41, 5.74) is 11.7. The molecule has 2 aliphatic heterocycles. The van der Waals surface area contributed by atoms with E-state index < -0.39 is 5.82 Å². The molecular formula is C19H21FN6OS. The molecule has 3 heterocycles. The van der Waals surface area contributed by atoms with Crippen LogP contribution >= 0.6 is 12.2 Å². The van der Waals surface area contributed by atoms with E-state index in [4.69, 9.17) is 22.7 Å². The quantitative estimate of drug-likeness (QED) is 0.453. The van der Waals surface area contributed by atoms with Gasteiger partial charge < -0.3 is 20.3 Å². The molecule has 1 fully saturated rings. The molecule has 0 saturated carbocycles. The van der Waals surface area contributed by atoms with Gasteiger partial charge in [-0.1, -0.05) is 0 Å². The highest BCUT2D eigenvalue weighted by molar-refractivity contribution is 7.80. The first-order valence-corrected chi connectivity index (χ1v) is 9.52. The predicted octanol–water partition coefficient (Wildman–Crippen LogP) is 1.99. The Hall–Kier alpha value is -2.94. The Kier molecular flexibility index (Phi) is 5.25. The zero-order valence-corrected chi connectivity index (χ0v) is 16.1. The SMILES string of the molecule is Nc1ccc(N2CCN(C(=S)N/N=C3/CCOc4c(F)ccnc43)CC2)cc1. The average Bonchev–Trinajstić information content (AvgIpc) is 2.73. The summed E-state index contributed by atoms with van der Waals surface area (Å²) in [4.78, 5) is 8.57. The third-order valence-electron chi connectivity index (χ3n) is 4.83. The molecule has 0 aliphatic carbocycles. The van der Waals surface area contributed by atoms with Crippen LogP contribution in [0.3, 0.4) is 0 Å². The van der Waals surface area contributed by atoms with Crippen LogP contribution in [0.15, 0.2) is 41.6 Å². The Morgan fingerprint density at radius 1 is 1.18 bits per heavy atom. The van der Waals surface area contributed by atoms with Gasteiger partial charge in [-0.15, -0.1) is 0 Å². The maximum Gasteiger partial charge on any atom is 0.189 e. The Bertz CT molecular complexity index is 896. The molecule has 0 radical (unpaired) electrons. The molecule has 28 heavy (non-hydrogen) atoms. The maximum absolute atomic E-state index is 13.8. The van der Waals surface area contributed by atoms with Gasteiger partial charge in [0.25, 0.3) is 0 Å². The molecule has 0 amide bonds. The molecule has 1 aromatic heterocycles. The van der Waals surface area contributed by atoms with Gasteiger partial charge in [0.1, 0.15) is 5.69 Å². The fourth-order valence-electron chi connectivity index (χ4n) is 3.28. The number of hydrazone groups is 1. The van der Waals surface area contributed by atoms with Crippen molar-refractivity contribution in [3.8, 4) is 5.75 Å². The second-order valence-electron chi connectivity index (χ2n) is 6.61. The summed E-state index contributed by atoms with van der Waals surface area (Å²) in [5, 5.41) is 4.92. The topological polar surface area (TPSA) is 79.0 Å². The smallest absolute Gasteiger partial charge is 0.189 e. The number of ether oxygens (including phenoxy) is 1. The van der Waals surface area contributed by atoms with Crippen molar-refractivity contribution < 1.29 is 9.13 Å². The van der Waals surface area contributed by atoms with Crippen molar-refractivity contribution >= 4 is 34.4 Å².